The summed E-state index contributed by atoms with van der Waals surface area (Å²) in [6, 6.07) is 0. The van der Waals surface area contributed by atoms with Gasteiger partial charge in [-0.1, -0.05) is 5.16 Å². The maximum atomic E-state index is 9.95. The highest BCUT2D eigenvalue weighted by atomic mass is 16.8. The van der Waals surface area contributed by atoms with Crippen molar-refractivity contribution < 1.29 is 14.4 Å². The second kappa shape index (κ2) is 4.17. The number of nitrogens with zero attached hydrogens (tertiary/aromatic N) is 1. The Bertz CT molecular complexity index is 94.5. The summed E-state index contributed by atoms with van der Waals surface area (Å²) in [5, 5.41) is 2.98. The normalized spacial score (nSPS) is 7.50. The lowest BCUT2D eigenvalue weighted by molar-refractivity contribution is -0.00209. The van der Waals surface area contributed by atoms with Gasteiger partial charge in [0.05, 0.1) is 0 Å². The third-order valence-corrected chi connectivity index (χ3v) is 0.406. The minimum Gasteiger partial charge on any atom is -0.434 e. The van der Waals surface area contributed by atoms with E-state index >= 15 is 0 Å². The number of carbonyl (C=O) groups is 1. The van der Waals surface area contributed by atoms with Gasteiger partial charge >= 0.3 is 0 Å². The lowest BCUT2D eigenvalue weighted by atomic mass is 10.2. The van der Waals surface area contributed by atoms with E-state index in [-0.39, 0.29) is 6.79 Å². The molecule has 44 valence electrons. The molecule has 0 N–H and O–H groups in total. The van der Waals surface area contributed by atoms with Crippen LogP contribution in [0.15, 0.2) is 5.16 Å². The monoisotopic (exact) mass is 115 g/mol. The van der Waals surface area contributed by atoms with Gasteiger partial charge in [-0.25, -0.2) is 0 Å². The van der Waals surface area contributed by atoms with Gasteiger partial charge in [-0.3, -0.25) is 4.79 Å². The molecule has 0 radical (unpaired) electrons. The zero-order chi connectivity index (χ0) is 6.41. The summed E-state index contributed by atoms with van der Waals surface area (Å²) in [6.45, 7) is 2.84. The number of hydrogen-bond donors (Lipinski definition) is 0. The first-order valence-electron chi connectivity index (χ1n) is 1.98. The molecule has 0 saturated heterocycles. The van der Waals surface area contributed by atoms with Crippen LogP contribution in [0.3, 0.4) is 0 Å². The molecule has 0 rings (SSSR count). The van der Waals surface area contributed by atoms with Crippen LogP contribution in [-0.2, 0) is 9.57 Å². The van der Waals surface area contributed by atoms with E-state index in [1.54, 1.807) is 0 Å². The Morgan fingerprint density at radius 3 is 2.88 bits per heavy atom. The molecule has 0 aliphatic carbocycles. The Morgan fingerprint density at radius 2 is 2.50 bits per heavy atom. The number of oxime groups is 1. The third kappa shape index (κ3) is 5.00. The molecule has 0 aromatic rings. The van der Waals surface area contributed by atoms with E-state index in [2.05, 4.69) is 21.4 Å². The van der Waals surface area contributed by atoms with Crippen molar-refractivity contribution in [3.05, 3.63) is 0 Å². The van der Waals surface area contributed by atoms with Crippen molar-refractivity contribution >= 4 is 20.4 Å². The zero-order valence-corrected chi connectivity index (χ0v) is 4.59. The molecule has 0 atom stereocenters. The second-order valence-electron chi connectivity index (χ2n) is 1.01. The molecule has 0 fully saturated rings. The molecule has 0 bridgehead atoms. The summed E-state index contributed by atoms with van der Waals surface area (Å²) in [4.78, 5) is 14.2. The van der Waals surface area contributed by atoms with E-state index in [4.69, 9.17) is 0 Å². The van der Waals surface area contributed by atoms with Gasteiger partial charge in [-0.2, -0.15) is 0 Å². The first-order valence-corrected chi connectivity index (χ1v) is 1.98. The molecule has 8 heavy (non-hydrogen) atoms. The quantitative estimate of drug-likeness (QED) is 0.161. The van der Waals surface area contributed by atoms with Gasteiger partial charge in [0, 0.05) is 6.72 Å². The zero-order valence-electron chi connectivity index (χ0n) is 4.59. The average molecular weight is 115 g/mol. The molecule has 5 heteroatoms. The Kier molecular flexibility index (Phi) is 3.65. The van der Waals surface area contributed by atoms with E-state index in [0.29, 0.717) is 0 Å². The van der Waals surface area contributed by atoms with E-state index in [0.717, 1.165) is 0 Å². The van der Waals surface area contributed by atoms with Crippen molar-refractivity contribution in [2.75, 3.05) is 6.79 Å². The second-order valence-corrected chi connectivity index (χ2v) is 1.01. The minimum absolute atomic E-state index is 0.154. The molecular weight excluding hydrogens is 109 g/mol. The number of ether oxygens (including phenoxy) is 1. The minimum atomic E-state index is -0.395. The summed E-state index contributed by atoms with van der Waals surface area (Å²) >= 11 is 0. The molecule has 4 nitrogen and oxygen atoms in total. The fourth-order valence-corrected chi connectivity index (χ4v) is 0.147. The Labute approximate surface area is 47.9 Å². The van der Waals surface area contributed by atoms with Crippen LogP contribution >= 0.6 is 0 Å². The van der Waals surface area contributed by atoms with E-state index in [9.17, 15) is 4.79 Å². The predicted octanol–water partition coefficient (Wildman–Crippen LogP) is -0.654. The summed E-state index contributed by atoms with van der Waals surface area (Å²) in [7, 11) is 1.28. The Morgan fingerprint density at radius 1 is 1.88 bits per heavy atom. The van der Waals surface area contributed by atoms with Crippen LogP contribution in [0.4, 0.5) is 4.79 Å². The molecule has 0 saturated carbocycles. The van der Waals surface area contributed by atoms with Gasteiger partial charge in [0.25, 0.3) is 6.79 Å². The van der Waals surface area contributed by atoms with Crippen molar-refractivity contribution in [3.63, 3.8) is 0 Å². The van der Waals surface area contributed by atoms with Gasteiger partial charge in [-0.15, -0.1) is 0 Å². The van der Waals surface area contributed by atoms with Crippen LogP contribution in [0, 0.1) is 0 Å². The molecular formula is C3H6BNO3. The van der Waals surface area contributed by atoms with E-state index in [1.165, 1.54) is 7.85 Å². The first kappa shape index (κ1) is 7.00. The summed E-state index contributed by atoms with van der Waals surface area (Å²) in [5.41, 5.74) is 0. The predicted molar refractivity (Wildman–Crippen MR) is 30.5 cm³/mol. The lowest BCUT2D eigenvalue weighted by Gasteiger charge is -1.96. The van der Waals surface area contributed by atoms with Crippen molar-refractivity contribution in [1.82, 2.24) is 0 Å². The van der Waals surface area contributed by atoms with E-state index < -0.39 is 5.87 Å². The molecule has 0 aromatic carbocycles. The van der Waals surface area contributed by atoms with Crippen molar-refractivity contribution in [3.8, 4) is 0 Å². The maximum Gasteiger partial charge on any atom is 0.257 e. The van der Waals surface area contributed by atoms with E-state index in [1.807, 2.05) is 0 Å². The highest BCUT2D eigenvalue weighted by molar-refractivity contribution is 6.55. The first-order chi connectivity index (χ1) is 3.77. The molecule has 0 aromatic heterocycles. The lowest BCUT2D eigenvalue weighted by Crippen LogP contribution is -2.02. The fourth-order valence-electron chi connectivity index (χ4n) is 0.147. The van der Waals surface area contributed by atoms with Crippen LogP contribution in [0.2, 0.25) is 0 Å². The summed E-state index contributed by atoms with van der Waals surface area (Å²) < 4.78 is 4.29. The number of hydrogen-bond acceptors (Lipinski definition) is 4. The average Bonchev–Trinajstić information content (AvgIpc) is 1.66. The topological polar surface area (TPSA) is 47.9 Å². The molecule has 0 heterocycles. The van der Waals surface area contributed by atoms with Gasteiger partial charge in [0.15, 0.2) is 0 Å². The molecule has 0 amide bonds. The SMILES string of the molecule is BC(=O)OCON=C. The third-order valence-electron chi connectivity index (χ3n) is 0.406. The van der Waals surface area contributed by atoms with Gasteiger partial charge in [-0.05, 0) is 0 Å². The maximum absolute atomic E-state index is 9.95. The molecule has 0 aliphatic rings. The Balaban J connectivity index is 2.93. The summed E-state index contributed by atoms with van der Waals surface area (Å²) in [6.07, 6.45) is 0. The smallest absolute Gasteiger partial charge is 0.257 e. The summed E-state index contributed by atoms with van der Waals surface area (Å²) in [5.74, 6) is -0.395. The highest BCUT2D eigenvalue weighted by Gasteiger charge is 1.87. The Hall–Kier alpha value is -0.995. The van der Waals surface area contributed by atoms with Gasteiger partial charge in [0.1, 0.15) is 0 Å². The van der Waals surface area contributed by atoms with Gasteiger partial charge < -0.3 is 9.57 Å². The molecule has 0 aliphatic heterocycles. The van der Waals surface area contributed by atoms with Crippen LogP contribution in [-0.4, -0.2) is 27.2 Å². The highest BCUT2D eigenvalue weighted by Crippen LogP contribution is 1.76. The number of carbonyl (C=O) groups excluding carboxylic acids is 1. The molecule has 0 unspecified atom stereocenters. The largest absolute Gasteiger partial charge is 0.434 e. The van der Waals surface area contributed by atoms with Crippen LogP contribution < -0.4 is 0 Å². The van der Waals surface area contributed by atoms with Crippen LogP contribution in [0.25, 0.3) is 0 Å². The van der Waals surface area contributed by atoms with Gasteiger partial charge in [0.2, 0.25) is 13.7 Å². The molecule has 0 spiro atoms. The van der Waals surface area contributed by atoms with Crippen molar-refractivity contribution in [2.45, 2.75) is 0 Å². The van der Waals surface area contributed by atoms with Crippen molar-refractivity contribution in [2.24, 2.45) is 5.16 Å². The standard InChI is InChI=1S/C3H6BNO3/c1-5-8-2-7-3(4)6/h1-2,4H2. The van der Waals surface area contributed by atoms with Crippen LogP contribution in [0.1, 0.15) is 0 Å². The van der Waals surface area contributed by atoms with Crippen molar-refractivity contribution in [1.29, 1.82) is 0 Å². The fraction of sp³-hybridized carbons (Fsp3) is 0.333. The number of rotatable bonds is 3. The van der Waals surface area contributed by atoms with Crippen LogP contribution in [0.5, 0.6) is 0 Å².